The summed E-state index contributed by atoms with van der Waals surface area (Å²) in [7, 11) is 0. The van der Waals surface area contributed by atoms with Crippen LogP contribution in [0.4, 0.5) is 0 Å². The Labute approximate surface area is 133 Å². The van der Waals surface area contributed by atoms with Crippen molar-refractivity contribution in [2.45, 2.75) is 49.1 Å². The van der Waals surface area contributed by atoms with Crippen LogP contribution >= 0.6 is 11.6 Å². The molecule has 4 nitrogen and oxygen atoms in total. The Morgan fingerprint density at radius 1 is 1.62 bits per heavy atom. The summed E-state index contributed by atoms with van der Waals surface area (Å²) in [6.45, 7) is 1.83. The number of β-lactam (4-membered cyclic amide) rings is 1. The maximum atomic E-state index is 12.9. The predicted octanol–water partition coefficient (Wildman–Crippen LogP) is 1.86. The van der Waals surface area contributed by atoms with E-state index in [1.165, 1.54) is 0 Å². The first-order valence-electron chi connectivity index (χ1n) is 7.38. The molecule has 1 saturated heterocycles. The first-order valence-corrected chi connectivity index (χ1v) is 10.3. The fourth-order valence-electron chi connectivity index (χ4n) is 3.77. The SMILES string of the molecule is CC1=C(CCCl)[C@@H]2NC(=O)[C@]2([C@@H](O)[C@@H]2C=CCCC2)[Se]1=O. The minimum absolute atomic E-state index is 0.0735. The molecule has 0 aromatic carbocycles. The van der Waals surface area contributed by atoms with E-state index >= 15 is 0 Å². The van der Waals surface area contributed by atoms with Crippen molar-refractivity contribution in [1.29, 1.82) is 0 Å². The van der Waals surface area contributed by atoms with E-state index in [1.54, 1.807) is 0 Å². The molecule has 0 aromatic rings. The Morgan fingerprint density at radius 3 is 2.95 bits per heavy atom. The number of amides is 1. The zero-order valence-electron chi connectivity index (χ0n) is 12.0. The van der Waals surface area contributed by atoms with Gasteiger partial charge in [-0.3, -0.25) is 0 Å². The van der Waals surface area contributed by atoms with Crippen molar-refractivity contribution in [3.8, 4) is 0 Å². The van der Waals surface area contributed by atoms with Gasteiger partial charge in [0.25, 0.3) is 0 Å². The molecular weight excluding hydrogens is 357 g/mol. The van der Waals surface area contributed by atoms with Gasteiger partial charge < -0.3 is 0 Å². The third-order valence-corrected chi connectivity index (χ3v) is 9.53. The number of rotatable bonds is 4. The number of allylic oxidation sites excluding steroid dienone is 2. The van der Waals surface area contributed by atoms with Crippen molar-refractivity contribution < 1.29 is 13.7 Å². The molecule has 3 aliphatic rings. The molecule has 1 unspecified atom stereocenters. The third-order valence-electron chi connectivity index (χ3n) is 4.95. The number of carbonyl (C=O) groups excluding carboxylic acids is 1. The van der Waals surface area contributed by atoms with Gasteiger partial charge in [-0.15, -0.1) is 0 Å². The topological polar surface area (TPSA) is 66.4 Å². The normalized spacial score (nSPS) is 39.8. The fraction of sp³-hybridized carbons (Fsp3) is 0.667. The van der Waals surface area contributed by atoms with E-state index in [4.69, 9.17) is 11.6 Å². The molecule has 2 aliphatic heterocycles. The molecule has 3 rings (SSSR count). The Kier molecular flexibility index (Phi) is 4.12. The van der Waals surface area contributed by atoms with Gasteiger partial charge in [-0.1, -0.05) is 0 Å². The summed E-state index contributed by atoms with van der Waals surface area (Å²) in [5.74, 6) is 0.117. The van der Waals surface area contributed by atoms with Gasteiger partial charge in [-0.05, 0) is 0 Å². The third kappa shape index (κ3) is 2.02. The first kappa shape index (κ1) is 15.4. The Morgan fingerprint density at radius 2 is 2.38 bits per heavy atom. The zero-order valence-corrected chi connectivity index (χ0v) is 14.4. The Balaban J connectivity index is 1.96. The van der Waals surface area contributed by atoms with Crippen LogP contribution in [0.25, 0.3) is 0 Å². The zero-order chi connectivity index (χ0) is 15.2. The number of nitrogens with one attached hydrogen (secondary N) is 1. The van der Waals surface area contributed by atoms with Crippen molar-refractivity contribution in [2.24, 2.45) is 5.92 Å². The van der Waals surface area contributed by atoms with Crippen LogP contribution in [0.2, 0.25) is 4.31 Å². The molecule has 116 valence electrons. The molecule has 21 heavy (non-hydrogen) atoms. The standard InChI is InChI=1S/C15H20ClNO3Se/c1-9-11(7-8-16)12-15(21(9)20,14(19)17-12)13(18)10-5-3-2-4-6-10/h3,5,10,12-13,18H,2,4,6-8H2,1H3,(H,17,19)/t10-,12+,13+,15+,21?/m1/s1. The molecule has 6 heteroatoms. The molecule has 0 radical (unpaired) electrons. The van der Waals surface area contributed by atoms with Crippen LogP contribution in [0.1, 0.15) is 32.6 Å². The van der Waals surface area contributed by atoms with Crippen molar-refractivity contribution in [3.63, 3.8) is 0 Å². The molecule has 0 spiro atoms. The van der Waals surface area contributed by atoms with Gasteiger partial charge >= 0.3 is 133 Å². The number of hydrogen-bond donors (Lipinski definition) is 2. The van der Waals surface area contributed by atoms with Gasteiger partial charge in [0, 0.05) is 0 Å². The van der Waals surface area contributed by atoms with Gasteiger partial charge in [-0.25, -0.2) is 0 Å². The fourth-order valence-corrected chi connectivity index (χ4v) is 8.18. The number of aliphatic hydroxyl groups excluding tert-OH is 1. The molecule has 2 N–H and O–H groups in total. The molecule has 0 saturated carbocycles. The molecule has 1 amide bonds. The van der Waals surface area contributed by atoms with Crippen molar-refractivity contribution in [1.82, 2.24) is 5.32 Å². The second kappa shape index (κ2) is 5.62. The summed E-state index contributed by atoms with van der Waals surface area (Å²) in [5.41, 5.74) is 0.975. The maximum absolute atomic E-state index is 12.9. The van der Waals surface area contributed by atoms with E-state index in [9.17, 15) is 13.7 Å². The van der Waals surface area contributed by atoms with Gasteiger partial charge in [-0.2, -0.15) is 0 Å². The van der Waals surface area contributed by atoms with Crippen LogP contribution in [-0.4, -0.2) is 42.9 Å². The molecule has 1 fully saturated rings. The number of hydrogen-bond acceptors (Lipinski definition) is 3. The summed E-state index contributed by atoms with van der Waals surface area (Å²) in [5, 5.41) is 13.7. The number of fused-ring (bicyclic) bond motifs is 1. The van der Waals surface area contributed by atoms with Crippen molar-refractivity contribution in [3.05, 3.63) is 22.2 Å². The molecule has 0 aromatic heterocycles. The van der Waals surface area contributed by atoms with Crippen LogP contribution in [0, 0.1) is 5.92 Å². The molecular formula is C15H20ClNO3Se. The quantitative estimate of drug-likeness (QED) is 0.341. The van der Waals surface area contributed by atoms with Crippen LogP contribution in [-0.2, 0) is 8.63 Å². The molecule has 2 heterocycles. The van der Waals surface area contributed by atoms with E-state index in [2.05, 4.69) is 5.32 Å². The van der Waals surface area contributed by atoms with Crippen LogP contribution < -0.4 is 5.32 Å². The average Bonchev–Trinajstić information content (AvgIpc) is 2.66. The second-order valence-corrected chi connectivity index (χ2v) is 10.2. The first-order chi connectivity index (χ1) is 10.0. The van der Waals surface area contributed by atoms with Gasteiger partial charge in [0.1, 0.15) is 0 Å². The van der Waals surface area contributed by atoms with Gasteiger partial charge in [0.15, 0.2) is 0 Å². The number of aliphatic hydroxyl groups is 1. The summed E-state index contributed by atoms with van der Waals surface area (Å²) < 4.78 is 12.6. The van der Waals surface area contributed by atoms with Crippen LogP contribution in [0.5, 0.6) is 0 Å². The van der Waals surface area contributed by atoms with Crippen LogP contribution in [0.3, 0.4) is 0 Å². The monoisotopic (exact) mass is 377 g/mol. The predicted molar refractivity (Wildman–Crippen MR) is 81.6 cm³/mol. The molecule has 0 bridgehead atoms. The Bertz CT molecular complexity index is 559. The minimum atomic E-state index is -2.59. The van der Waals surface area contributed by atoms with Crippen LogP contribution in [0.15, 0.2) is 22.2 Å². The number of halogens is 1. The average molecular weight is 377 g/mol. The van der Waals surface area contributed by atoms with Crippen molar-refractivity contribution in [2.75, 3.05) is 5.88 Å². The van der Waals surface area contributed by atoms with Gasteiger partial charge in [0.2, 0.25) is 0 Å². The summed E-state index contributed by atoms with van der Waals surface area (Å²) in [4.78, 5) is 12.3. The Hall–Kier alpha value is -0.481. The van der Waals surface area contributed by atoms with Gasteiger partial charge in [0.05, 0.1) is 0 Å². The number of carbonyl (C=O) groups is 1. The molecule has 1 aliphatic carbocycles. The summed E-state index contributed by atoms with van der Waals surface area (Å²) in [6, 6.07) is -0.281. The van der Waals surface area contributed by atoms with E-state index in [1.807, 2.05) is 19.1 Å². The molecule has 5 atom stereocenters. The van der Waals surface area contributed by atoms with E-state index < -0.39 is 24.3 Å². The van der Waals surface area contributed by atoms with E-state index in [0.29, 0.717) is 12.3 Å². The van der Waals surface area contributed by atoms with Crippen molar-refractivity contribution >= 4 is 31.3 Å². The summed E-state index contributed by atoms with van der Waals surface area (Å²) >= 11 is 3.25. The second-order valence-electron chi connectivity index (χ2n) is 5.96. The summed E-state index contributed by atoms with van der Waals surface area (Å²) in [6.07, 6.45) is 6.66. The number of alkyl halides is 1. The van der Waals surface area contributed by atoms with E-state index in [-0.39, 0.29) is 17.9 Å². The van der Waals surface area contributed by atoms with E-state index in [0.717, 1.165) is 29.3 Å².